The number of amides is 3. The van der Waals surface area contributed by atoms with Crippen LogP contribution >= 0.6 is 0 Å². The number of ether oxygens (including phenoxy) is 1. The number of rotatable bonds is 8. The van der Waals surface area contributed by atoms with Gasteiger partial charge < -0.3 is 25.0 Å². The van der Waals surface area contributed by atoms with Crippen LogP contribution in [0.15, 0.2) is 71.6 Å². The summed E-state index contributed by atoms with van der Waals surface area (Å²) >= 11 is 0. The average Bonchev–Trinajstić information content (AvgIpc) is 3.04. The van der Waals surface area contributed by atoms with Gasteiger partial charge in [0.05, 0.1) is 36.1 Å². The van der Waals surface area contributed by atoms with Crippen LogP contribution in [0, 0.1) is 12.8 Å². The van der Waals surface area contributed by atoms with Crippen LogP contribution in [0.4, 0.5) is 29.3 Å². The Morgan fingerprint density at radius 2 is 1.72 bits per heavy atom. The van der Waals surface area contributed by atoms with Crippen LogP contribution in [0.5, 0.6) is 5.75 Å². The van der Waals surface area contributed by atoms with Crippen molar-refractivity contribution >= 4 is 33.3 Å². The number of carbonyl (C=O) groups excluding carboxylic acids is 2. The quantitative estimate of drug-likeness (QED) is 0.307. The SMILES string of the molecule is Cc1ccc(S(=O)(=O)Nc2ccc3c(c2)CC(=O)N([C@@H](C)CO)C[C@@H](C)[C@H](CN(C)C(=O)Nc2ccc(C(F)(F)F)cc2)O3)cc1. The van der Waals surface area contributed by atoms with Crippen LogP contribution in [-0.2, 0) is 27.4 Å². The van der Waals surface area contributed by atoms with E-state index in [9.17, 15) is 36.3 Å². The zero-order valence-corrected chi connectivity index (χ0v) is 26.7. The molecule has 248 valence electrons. The Balaban J connectivity index is 1.58. The monoisotopic (exact) mass is 662 g/mol. The van der Waals surface area contributed by atoms with Gasteiger partial charge in [-0.05, 0) is 68.4 Å². The van der Waals surface area contributed by atoms with Crippen molar-refractivity contribution in [3.8, 4) is 5.75 Å². The highest BCUT2D eigenvalue weighted by atomic mass is 32.2. The summed E-state index contributed by atoms with van der Waals surface area (Å²) < 4.78 is 73.8. The largest absolute Gasteiger partial charge is 0.488 e. The fourth-order valence-corrected chi connectivity index (χ4v) is 6.01. The maximum atomic E-state index is 13.5. The molecule has 0 bridgehead atoms. The number of halogens is 3. The van der Waals surface area contributed by atoms with Gasteiger partial charge in [0.25, 0.3) is 10.0 Å². The van der Waals surface area contributed by atoms with Gasteiger partial charge in [0, 0.05) is 36.4 Å². The van der Waals surface area contributed by atoms with Gasteiger partial charge in [0.1, 0.15) is 11.9 Å². The second-order valence-corrected chi connectivity index (χ2v) is 13.2. The lowest BCUT2D eigenvalue weighted by Gasteiger charge is -2.34. The van der Waals surface area contributed by atoms with E-state index in [0.717, 1.165) is 29.8 Å². The van der Waals surface area contributed by atoms with Gasteiger partial charge in [0.15, 0.2) is 0 Å². The number of aryl methyl sites for hydroxylation is 1. The van der Waals surface area contributed by atoms with Crippen molar-refractivity contribution < 1.29 is 41.0 Å². The third-order valence-corrected chi connectivity index (χ3v) is 9.16. The molecule has 0 aliphatic carbocycles. The molecule has 0 unspecified atom stereocenters. The first-order chi connectivity index (χ1) is 21.6. The highest BCUT2D eigenvalue weighted by Gasteiger charge is 2.33. The van der Waals surface area contributed by atoms with Crippen LogP contribution in [0.3, 0.4) is 0 Å². The van der Waals surface area contributed by atoms with Crippen molar-refractivity contribution in [1.82, 2.24) is 9.80 Å². The smallest absolute Gasteiger partial charge is 0.416 e. The standard InChI is InChI=1S/C32H37F3N4O6S/c1-20-5-12-27(13-6-20)46(43,44)37-26-11-14-28-23(15-26)16-30(41)39(22(3)19-40)17-21(2)29(45-28)18-38(4)31(42)36-25-9-7-24(8-10-25)32(33,34)35/h5-15,21-22,29,37,40H,16-19H2,1-4H3,(H,36,42)/t21-,22+,29+/m1/s1. The molecule has 0 spiro atoms. The Labute approximate surface area is 266 Å². The third kappa shape index (κ3) is 8.49. The lowest BCUT2D eigenvalue weighted by atomic mass is 10.0. The molecule has 46 heavy (non-hydrogen) atoms. The van der Waals surface area contributed by atoms with Gasteiger partial charge in [-0.25, -0.2) is 13.2 Å². The first kappa shape index (κ1) is 34.6. The van der Waals surface area contributed by atoms with Gasteiger partial charge in [-0.3, -0.25) is 9.52 Å². The molecule has 0 radical (unpaired) electrons. The molecule has 0 aromatic heterocycles. The van der Waals surface area contributed by atoms with Gasteiger partial charge >= 0.3 is 12.2 Å². The maximum Gasteiger partial charge on any atom is 0.416 e. The van der Waals surface area contributed by atoms with E-state index in [0.29, 0.717) is 11.3 Å². The van der Waals surface area contributed by atoms with Crippen LogP contribution in [0.1, 0.15) is 30.5 Å². The number of hydrogen-bond donors (Lipinski definition) is 3. The summed E-state index contributed by atoms with van der Waals surface area (Å²) in [4.78, 5) is 29.4. The Hall–Kier alpha value is -4.30. The summed E-state index contributed by atoms with van der Waals surface area (Å²) in [6, 6.07) is 13.9. The van der Waals surface area contributed by atoms with Gasteiger partial charge in [-0.2, -0.15) is 13.2 Å². The molecule has 0 saturated heterocycles. The minimum atomic E-state index is -4.50. The molecule has 0 saturated carbocycles. The van der Waals surface area contributed by atoms with E-state index in [1.165, 1.54) is 41.1 Å². The van der Waals surface area contributed by atoms with Crippen molar-refractivity contribution in [2.24, 2.45) is 5.92 Å². The normalized spacial score (nSPS) is 17.9. The summed E-state index contributed by atoms with van der Waals surface area (Å²) in [5, 5.41) is 12.5. The summed E-state index contributed by atoms with van der Waals surface area (Å²) in [6.07, 6.45) is -5.31. The number of nitrogens with one attached hydrogen (secondary N) is 2. The zero-order chi connectivity index (χ0) is 33.8. The highest BCUT2D eigenvalue weighted by molar-refractivity contribution is 7.92. The molecule has 3 aromatic rings. The number of fused-ring (bicyclic) bond motifs is 1. The van der Waals surface area contributed by atoms with Gasteiger partial charge in [0.2, 0.25) is 5.91 Å². The molecule has 10 nitrogen and oxygen atoms in total. The van der Waals surface area contributed by atoms with Crippen LogP contribution in [0.25, 0.3) is 0 Å². The number of urea groups is 1. The molecular formula is C32H37F3N4O6S. The van der Waals surface area contributed by atoms with Crippen molar-refractivity contribution in [2.75, 3.05) is 36.8 Å². The Bertz CT molecular complexity index is 1650. The second-order valence-electron chi connectivity index (χ2n) is 11.5. The third-order valence-electron chi connectivity index (χ3n) is 7.76. The van der Waals surface area contributed by atoms with E-state index < -0.39 is 39.9 Å². The lowest BCUT2D eigenvalue weighted by Crippen LogP contribution is -2.48. The molecular weight excluding hydrogens is 625 g/mol. The van der Waals surface area contributed by atoms with Crippen LogP contribution < -0.4 is 14.8 Å². The van der Waals surface area contributed by atoms with E-state index in [1.807, 2.05) is 13.8 Å². The summed E-state index contributed by atoms with van der Waals surface area (Å²) in [5.41, 5.74) is 0.856. The first-order valence-electron chi connectivity index (χ1n) is 14.6. The van der Waals surface area contributed by atoms with E-state index in [-0.39, 0.29) is 54.2 Å². The van der Waals surface area contributed by atoms with E-state index in [1.54, 1.807) is 25.1 Å². The predicted molar refractivity (Wildman–Crippen MR) is 167 cm³/mol. The maximum absolute atomic E-state index is 13.5. The number of sulfonamides is 1. The lowest BCUT2D eigenvalue weighted by molar-refractivity contribution is -0.137. The zero-order valence-electron chi connectivity index (χ0n) is 25.8. The number of aliphatic hydroxyl groups is 1. The minimum Gasteiger partial charge on any atom is -0.488 e. The molecule has 14 heteroatoms. The number of likely N-dealkylation sites (N-methyl/N-ethyl adjacent to an activating group) is 1. The molecule has 3 aromatic carbocycles. The highest BCUT2D eigenvalue weighted by Crippen LogP contribution is 2.31. The molecule has 1 aliphatic heterocycles. The molecule has 3 atom stereocenters. The molecule has 1 aliphatic rings. The number of aliphatic hydroxyl groups excluding tert-OH is 1. The Morgan fingerprint density at radius 1 is 1.09 bits per heavy atom. The number of benzene rings is 3. The van der Waals surface area contributed by atoms with E-state index >= 15 is 0 Å². The predicted octanol–water partition coefficient (Wildman–Crippen LogP) is 5.13. The van der Waals surface area contributed by atoms with Crippen molar-refractivity contribution in [2.45, 2.75) is 50.4 Å². The number of carbonyl (C=O) groups is 2. The average molecular weight is 663 g/mol. The fraction of sp³-hybridized carbons (Fsp3) is 0.375. The fourth-order valence-electron chi connectivity index (χ4n) is 4.96. The van der Waals surface area contributed by atoms with Crippen LogP contribution in [-0.4, -0.2) is 74.2 Å². The first-order valence-corrected chi connectivity index (χ1v) is 16.0. The van der Waals surface area contributed by atoms with Gasteiger partial charge in [-0.1, -0.05) is 24.6 Å². The summed E-state index contributed by atoms with van der Waals surface area (Å²) in [7, 11) is -2.42. The molecule has 3 N–H and O–H groups in total. The van der Waals surface area contributed by atoms with Crippen molar-refractivity contribution in [3.05, 3.63) is 83.4 Å². The number of hydrogen-bond acceptors (Lipinski definition) is 6. The summed E-state index contributed by atoms with van der Waals surface area (Å²) in [5.74, 6) is -0.325. The number of alkyl halides is 3. The molecule has 1 heterocycles. The molecule has 3 amide bonds. The number of anilines is 2. The van der Waals surface area contributed by atoms with E-state index in [2.05, 4.69) is 10.0 Å². The molecule has 0 fully saturated rings. The van der Waals surface area contributed by atoms with E-state index in [4.69, 9.17) is 4.74 Å². The Morgan fingerprint density at radius 3 is 2.33 bits per heavy atom. The number of nitrogens with zero attached hydrogens (tertiary/aromatic N) is 2. The summed E-state index contributed by atoms with van der Waals surface area (Å²) in [6.45, 7) is 5.32. The van der Waals surface area contributed by atoms with Crippen molar-refractivity contribution in [3.63, 3.8) is 0 Å². The topological polar surface area (TPSA) is 128 Å². The van der Waals surface area contributed by atoms with Crippen molar-refractivity contribution in [1.29, 1.82) is 0 Å². The van der Waals surface area contributed by atoms with Crippen LogP contribution in [0.2, 0.25) is 0 Å². The minimum absolute atomic E-state index is 0.0322. The molecule has 4 rings (SSSR count). The van der Waals surface area contributed by atoms with Gasteiger partial charge in [-0.15, -0.1) is 0 Å². The Kier molecular flexibility index (Phi) is 10.5. The second kappa shape index (κ2) is 14.0.